The molecule has 0 aliphatic carbocycles. The van der Waals surface area contributed by atoms with Crippen LogP contribution in [0.4, 0.5) is 13.2 Å². The molecular formula is C14H14F3N5O2S. The van der Waals surface area contributed by atoms with Crippen LogP contribution in [0.25, 0.3) is 0 Å². The molecule has 0 aromatic carbocycles. The number of aromatic nitrogens is 3. The molecule has 1 N–H and O–H groups in total. The molecule has 2 aromatic rings. The number of hydrogen-bond donors (Lipinski definition) is 1. The van der Waals surface area contributed by atoms with Gasteiger partial charge in [0.1, 0.15) is 0 Å². The van der Waals surface area contributed by atoms with Gasteiger partial charge in [-0.3, -0.25) is 9.59 Å². The van der Waals surface area contributed by atoms with Crippen LogP contribution in [0.3, 0.4) is 0 Å². The minimum atomic E-state index is -4.59. The molecule has 3 rings (SSSR count). The van der Waals surface area contributed by atoms with Gasteiger partial charge in [0.25, 0.3) is 5.91 Å². The summed E-state index contributed by atoms with van der Waals surface area (Å²) < 4.78 is 39.6. The summed E-state index contributed by atoms with van der Waals surface area (Å²) in [7, 11) is 0. The standard InChI is InChI=1S/C14H14F3N5O2S/c1-8-11-19-20-13(14(15,16)17)22(11)5-4-21(8)10(23)7-18-12(24)9-3-2-6-25-9/h2-3,6,8H,4-5,7H2,1H3,(H,18,24). The lowest BCUT2D eigenvalue weighted by molar-refractivity contribution is -0.148. The molecule has 2 amide bonds. The van der Waals surface area contributed by atoms with Crippen molar-refractivity contribution in [1.82, 2.24) is 25.0 Å². The third-order valence-electron chi connectivity index (χ3n) is 3.90. The van der Waals surface area contributed by atoms with Gasteiger partial charge in [0.05, 0.1) is 17.5 Å². The van der Waals surface area contributed by atoms with Crippen molar-refractivity contribution in [1.29, 1.82) is 0 Å². The first-order chi connectivity index (χ1) is 11.8. The van der Waals surface area contributed by atoms with Crippen LogP contribution in [0, 0.1) is 0 Å². The number of amides is 2. The van der Waals surface area contributed by atoms with Crippen molar-refractivity contribution < 1.29 is 22.8 Å². The molecule has 25 heavy (non-hydrogen) atoms. The van der Waals surface area contributed by atoms with Crippen LogP contribution in [-0.2, 0) is 17.5 Å². The van der Waals surface area contributed by atoms with Crippen molar-refractivity contribution in [2.45, 2.75) is 25.7 Å². The second-order valence-electron chi connectivity index (χ2n) is 5.45. The molecule has 1 unspecified atom stereocenters. The summed E-state index contributed by atoms with van der Waals surface area (Å²) in [4.78, 5) is 26.1. The maximum atomic E-state index is 12.9. The van der Waals surface area contributed by atoms with E-state index >= 15 is 0 Å². The zero-order valence-electron chi connectivity index (χ0n) is 13.1. The van der Waals surface area contributed by atoms with E-state index in [4.69, 9.17) is 0 Å². The van der Waals surface area contributed by atoms with Gasteiger partial charge in [-0.25, -0.2) is 0 Å². The van der Waals surface area contributed by atoms with Gasteiger partial charge in [-0.05, 0) is 18.4 Å². The lowest BCUT2D eigenvalue weighted by atomic mass is 10.2. The Morgan fingerprint density at radius 2 is 2.12 bits per heavy atom. The smallest absolute Gasteiger partial charge is 0.342 e. The van der Waals surface area contributed by atoms with Crippen molar-refractivity contribution in [2.24, 2.45) is 0 Å². The predicted molar refractivity (Wildman–Crippen MR) is 81.8 cm³/mol. The van der Waals surface area contributed by atoms with Gasteiger partial charge in [-0.15, -0.1) is 21.5 Å². The molecule has 1 aliphatic heterocycles. The van der Waals surface area contributed by atoms with Gasteiger partial charge >= 0.3 is 6.18 Å². The molecule has 11 heteroatoms. The fourth-order valence-electron chi connectivity index (χ4n) is 2.69. The minimum Gasteiger partial charge on any atom is -0.342 e. The SMILES string of the molecule is CC1c2nnc(C(F)(F)F)n2CCN1C(=O)CNC(=O)c1cccs1. The maximum absolute atomic E-state index is 12.9. The zero-order chi connectivity index (χ0) is 18.2. The highest BCUT2D eigenvalue weighted by molar-refractivity contribution is 7.12. The number of hydrogen-bond acceptors (Lipinski definition) is 5. The van der Waals surface area contributed by atoms with E-state index in [-0.39, 0.29) is 37.3 Å². The van der Waals surface area contributed by atoms with Crippen LogP contribution >= 0.6 is 11.3 Å². The normalized spacial score (nSPS) is 17.3. The first-order valence-corrected chi connectivity index (χ1v) is 8.28. The predicted octanol–water partition coefficient (Wildman–Crippen LogP) is 1.69. The summed E-state index contributed by atoms with van der Waals surface area (Å²) in [6.07, 6.45) is -4.59. The number of carbonyl (C=O) groups excluding carboxylic acids is 2. The Morgan fingerprint density at radius 1 is 1.36 bits per heavy atom. The van der Waals surface area contributed by atoms with E-state index < -0.39 is 18.0 Å². The van der Waals surface area contributed by atoms with Crippen LogP contribution in [0.1, 0.15) is 34.3 Å². The van der Waals surface area contributed by atoms with E-state index in [1.54, 1.807) is 24.4 Å². The van der Waals surface area contributed by atoms with Gasteiger partial charge in [0.15, 0.2) is 5.82 Å². The van der Waals surface area contributed by atoms with Crippen molar-refractivity contribution in [2.75, 3.05) is 13.1 Å². The average Bonchev–Trinajstić information content (AvgIpc) is 3.21. The van der Waals surface area contributed by atoms with Crippen LogP contribution in [0.5, 0.6) is 0 Å². The third kappa shape index (κ3) is 3.36. The van der Waals surface area contributed by atoms with E-state index in [0.29, 0.717) is 4.88 Å². The van der Waals surface area contributed by atoms with E-state index in [0.717, 1.165) is 4.57 Å². The van der Waals surface area contributed by atoms with Crippen molar-refractivity contribution in [3.8, 4) is 0 Å². The molecule has 7 nitrogen and oxygen atoms in total. The number of carbonyl (C=O) groups is 2. The molecule has 2 aromatic heterocycles. The Morgan fingerprint density at radius 3 is 2.76 bits per heavy atom. The molecule has 1 atom stereocenters. The molecular weight excluding hydrogens is 359 g/mol. The Hall–Kier alpha value is -2.43. The van der Waals surface area contributed by atoms with Crippen molar-refractivity contribution in [3.05, 3.63) is 34.0 Å². The lowest BCUT2D eigenvalue weighted by Gasteiger charge is -2.33. The Kier molecular flexibility index (Phi) is 4.50. The van der Waals surface area contributed by atoms with Gasteiger partial charge in [-0.2, -0.15) is 13.2 Å². The number of nitrogens with zero attached hydrogens (tertiary/aromatic N) is 4. The maximum Gasteiger partial charge on any atom is 0.451 e. The quantitative estimate of drug-likeness (QED) is 0.888. The Bertz CT molecular complexity index is 787. The molecule has 134 valence electrons. The summed E-state index contributed by atoms with van der Waals surface area (Å²) >= 11 is 1.25. The Labute approximate surface area is 144 Å². The number of alkyl halides is 3. The summed E-state index contributed by atoms with van der Waals surface area (Å²) in [5.74, 6) is -1.74. The van der Waals surface area contributed by atoms with Crippen molar-refractivity contribution in [3.63, 3.8) is 0 Å². The van der Waals surface area contributed by atoms with Crippen LogP contribution in [-0.4, -0.2) is 44.6 Å². The molecule has 0 saturated carbocycles. The first-order valence-electron chi connectivity index (χ1n) is 7.40. The second kappa shape index (κ2) is 6.47. The molecule has 0 fully saturated rings. The van der Waals surface area contributed by atoms with Gasteiger partial charge in [0.2, 0.25) is 11.7 Å². The lowest BCUT2D eigenvalue weighted by Crippen LogP contribution is -2.46. The number of thiophene rings is 1. The van der Waals surface area contributed by atoms with Gasteiger partial charge < -0.3 is 14.8 Å². The molecule has 0 radical (unpaired) electrons. The average molecular weight is 373 g/mol. The van der Waals surface area contributed by atoms with Gasteiger partial charge in [-0.1, -0.05) is 6.07 Å². The van der Waals surface area contributed by atoms with Crippen LogP contribution < -0.4 is 5.32 Å². The highest BCUT2D eigenvalue weighted by Crippen LogP contribution is 2.32. The van der Waals surface area contributed by atoms with E-state index in [2.05, 4.69) is 15.5 Å². The molecule has 0 spiro atoms. The largest absolute Gasteiger partial charge is 0.451 e. The summed E-state index contributed by atoms with van der Waals surface area (Å²) in [5.41, 5.74) is 0. The van der Waals surface area contributed by atoms with E-state index in [9.17, 15) is 22.8 Å². The van der Waals surface area contributed by atoms with Crippen LogP contribution in [0.2, 0.25) is 0 Å². The fourth-order valence-corrected chi connectivity index (χ4v) is 3.33. The molecule has 0 bridgehead atoms. The van der Waals surface area contributed by atoms with Crippen LogP contribution in [0.15, 0.2) is 17.5 Å². The van der Waals surface area contributed by atoms with Gasteiger partial charge in [0, 0.05) is 13.1 Å². The summed E-state index contributed by atoms with van der Waals surface area (Å²) in [5, 5.41) is 11.0. The third-order valence-corrected chi connectivity index (χ3v) is 4.77. The minimum absolute atomic E-state index is 0.0495. The highest BCUT2D eigenvalue weighted by Gasteiger charge is 2.41. The highest BCUT2D eigenvalue weighted by atomic mass is 32.1. The Balaban J connectivity index is 1.67. The summed E-state index contributed by atoms with van der Waals surface area (Å²) in [6, 6.07) is 2.69. The second-order valence-corrected chi connectivity index (χ2v) is 6.40. The summed E-state index contributed by atoms with van der Waals surface area (Å²) in [6.45, 7) is 1.38. The molecule has 1 aliphatic rings. The fraction of sp³-hybridized carbons (Fsp3) is 0.429. The number of halogens is 3. The van der Waals surface area contributed by atoms with E-state index in [1.807, 2.05) is 0 Å². The van der Waals surface area contributed by atoms with E-state index in [1.165, 1.54) is 16.2 Å². The zero-order valence-corrected chi connectivity index (χ0v) is 13.9. The van der Waals surface area contributed by atoms with Crippen molar-refractivity contribution >= 4 is 23.2 Å². The number of fused-ring (bicyclic) bond motifs is 1. The molecule has 0 saturated heterocycles. The monoisotopic (exact) mass is 373 g/mol. The topological polar surface area (TPSA) is 80.1 Å². The molecule has 3 heterocycles. The number of nitrogens with one attached hydrogen (secondary N) is 1. The number of rotatable bonds is 3. The first kappa shape index (κ1) is 17.4.